The minimum absolute atomic E-state index is 0.0271. The van der Waals surface area contributed by atoms with Crippen LogP contribution in [-0.2, 0) is 40.5 Å². The van der Waals surface area contributed by atoms with Gasteiger partial charge in [0, 0.05) is 25.2 Å². The van der Waals surface area contributed by atoms with Crippen molar-refractivity contribution in [3.05, 3.63) is 101 Å². The van der Waals surface area contributed by atoms with Crippen LogP contribution in [0.2, 0.25) is 0 Å². The Labute approximate surface area is 189 Å². The van der Waals surface area contributed by atoms with Gasteiger partial charge in [-0.25, -0.2) is 0 Å². The first-order valence-electron chi connectivity index (χ1n) is 11.0. The lowest BCUT2D eigenvalue weighted by atomic mass is 10.1. The van der Waals surface area contributed by atoms with E-state index in [0.717, 1.165) is 40.9 Å². The van der Waals surface area contributed by atoms with E-state index in [0.29, 0.717) is 32.6 Å². The third-order valence-corrected chi connectivity index (χ3v) is 5.55. The highest BCUT2D eigenvalue weighted by Gasteiger charge is 2.21. The summed E-state index contributed by atoms with van der Waals surface area (Å²) in [6, 6.07) is 25.9. The average Bonchev–Trinajstić information content (AvgIpc) is 3.25. The van der Waals surface area contributed by atoms with E-state index in [1.165, 1.54) is 0 Å². The lowest BCUT2D eigenvalue weighted by Crippen LogP contribution is -2.25. The molecular formula is C27H28N2O3. The normalized spacial score (nSPS) is 13.4. The maximum absolute atomic E-state index is 12.4. The molecule has 5 nitrogen and oxygen atoms in total. The summed E-state index contributed by atoms with van der Waals surface area (Å²) in [7, 11) is 0. The molecule has 0 aliphatic carbocycles. The van der Waals surface area contributed by atoms with Gasteiger partial charge >= 0.3 is 0 Å². The maximum atomic E-state index is 12.4. The topological polar surface area (TPSA) is 58.6 Å². The fraction of sp³-hybridized carbons (Fsp3) is 0.259. The molecule has 0 unspecified atom stereocenters. The third kappa shape index (κ3) is 6.05. The number of hydrogen-bond donors (Lipinski definition) is 1. The second-order valence-electron chi connectivity index (χ2n) is 8.07. The lowest BCUT2D eigenvalue weighted by Gasteiger charge is -2.15. The van der Waals surface area contributed by atoms with Crippen LogP contribution in [0.3, 0.4) is 0 Å². The number of nitrogens with zero attached hydrogens (tertiary/aromatic N) is 1. The first-order valence-corrected chi connectivity index (χ1v) is 11.0. The van der Waals surface area contributed by atoms with E-state index in [1.54, 1.807) is 4.90 Å². The highest BCUT2D eigenvalue weighted by molar-refractivity contribution is 5.95. The molecule has 0 radical (unpaired) electrons. The van der Waals surface area contributed by atoms with Crippen molar-refractivity contribution >= 4 is 17.5 Å². The van der Waals surface area contributed by atoms with Gasteiger partial charge in [-0.15, -0.1) is 0 Å². The monoisotopic (exact) mass is 428 g/mol. The number of hydrogen-bond acceptors (Lipinski definition) is 3. The van der Waals surface area contributed by atoms with Crippen molar-refractivity contribution in [1.82, 2.24) is 5.32 Å². The number of anilines is 1. The Hall–Kier alpha value is -3.44. The standard InChI is InChI=1S/C27H28N2O3/c30-26(17-21-11-13-25(14-12-21)29-15-5-10-27(29)31)28-18-23-8-4-9-24(16-23)20-32-19-22-6-2-1-3-7-22/h1-4,6-9,11-14,16H,5,10,15,17-20H2,(H,28,30). The van der Waals surface area contributed by atoms with Crippen LogP contribution in [0, 0.1) is 0 Å². The molecule has 3 aromatic carbocycles. The van der Waals surface area contributed by atoms with Gasteiger partial charge in [-0.1, -0.05) is 66.7 Å². The minimum Gasteiger partial charge on any atom is -0.372 e. The number of rotatable bonds is 9. The second kappa shape index (κ2) is 10.7. The summed E-state index contributed by atoms with van der Waals surface area (Å²) in [6.45, 7) is 2.36. The van der Waals surface area contributed by atoms with Gasteiger partial charge in [0.05, 0.1) is 19.6 Å². The molecule has 0 bridgehead atoms. The molecule has 0 atom stereocenters. The van der Waals surface area contributed by atoms with E-state index in [4.69, 9.17) is 4.74 Å². The summed E-state index contributed by atoms with van der Waals surface area (Å²) in [6.07, 6.45) is 1.84. The fourth-order valence-corrected chi connectivity index (χ4v) is 3.85. The fourth-order valence-electron chi connectivity index (χ4n) is 3.85. The van der Waals surface area contributed by atoms with Crippen LogP contribution in [0.5, 0.6) is 0 Å². The van der Waals surface area contributed by atoms with Crippen molar-refractivity contribution in [2.24, 2.45) is 0 Å². The van der Waals surface area contributed by atoms with Crippen LogP contribution in [0.1, 0.15) is 35.1 Å². The van der Waals surface area contributed by atoms with Crippen LogP contribution in [0.25, 0.3) is 0 Å². The van der Waals surface area contributed by atoms with Crippen LogP contribution in [-0.4, -0.2) is 18.4 Å². The SMILES string of the molecule is O=C(Cc1ccc(N2CCCC2=O)cc1)NCc1cccc(COCc2ccccc2)c1. The van der Waals surface area contributed by atoms with Crippen molar-refractivity contribution in [2.45, 2.75) is 39.0 Å². The highest BCUT2D eigenvalue weighted by Crippen LogP contribution is 2.21. The summed E-state index contributed by atoms with van der Waals surface area (Å²) in [5.41, 5.74) is 5.11. The van der Waals surface area contributed by atoms with E-state index in [9.17, 15) is 9.59 Å². The summed E-state index contributed by atoms with van der Waals surface area (Å²) < 4.78 is 5.81. The quantitative estimate of drug-likeness (QED) is 0.550. The Morgan fingerprint density at radius 3 is 2.31 bits per heavy atom. The molecule has 1 heterocycles. The molecule has 4 rings (SSSR count). The number of nitrogens with one attached hydrogen (secondary N) is 1. The van der Waals surface area contributed by atoms with E-state index in [1.807, 2.05) is 72.8 Å². The van der Waals surface area contributed by atoms with Gasteiger partial charge in [-0.3, -0.25) is 9.59 Å². The molecule has 1 saturated heterocycles. The molecule has 32 heavy (non-hydrogen) atoms. The molecule has 2 amide bonds. The Morgan fingerprint density at radius 2 is 1.56 bits per heavy atom. The molecule has 1 fully saturated rings. The molecule has 1 aliphatic rings. The predicted molar refractivity (Wildman–Crippen MR) is 125 cm³/mol. The molecule has 1 N–H and O–H groups in total. The number of carbonyl (C=O) groups is 2. The predicted octanol–water partition coefficient (Wildman–Crippen LogP) is 4.39. The molecule has 5 heteroatoms. The molecule has 0 aromatic heterocycles. The van der Waals surface area contributed by atoms with Crippen LogP contribution >= 0.6 is 0 Å². The van der Waals surface area contributed by atoms with Gasteiger partial charge < -0.3 is 15.0 Å². The van der Waals surface area contributed by atoms with Crippen LogP contribution < -0.4 is 10.2 Å². The summed E-state index contributed by atoms with van der Waals surface area (Å²) in [5, 5.41) is 2.99. The van der Waals surface area contributed by atoms with Crippen molar-refractivity contribution < 1.29 is 14.3 Å². The van der Waals surface area contributed by atoms with Gasteiger partial charge in [-0.05, 0) is 40.8 Å². The zero-order valence-electron chi connectivity index (χ0n) is 18.1. The molecule has 3 aromatic rings. The number of carbonyl (C=O) groups excluding carboxylic acids is 2. The Morgan fingerprint density at radius 1 is 0.844 bits per heavy atom. The van der Waals surface area contributed by atoms with Gasteiger partial charge in [0.15, 0.2) is 0 Å². The van der Waals surface area contributed by atoms with E-state index >= 15 is 0 Å². The number of ether oxygens (including phenoxy) is 1. The first kappa shape index (κ1) is 21.8. The summed E-state index contributed by atoms with van der Waals surface area (Å²) in [4.78, 5) is 26.1. The van der Waals surface area contributed by atoms with Gasteiger partial charge in [-0.2, -0.15) is 0 Å². The van der Waals surface area contributed by atoms with E-state index in [2.05, 4.69) is 11.4 Å². The highest BCUT2D eigenvalue weighted by atomic mass is 16.5. The largest absolute Gasteiger partial charge is 0.372 e. The number of amides is 2. The Balaban J connectivity index is 1.23. The van der Waals surface area contributed by atoms with Crippen LogP contribution in [0.15, 0.2) is 78.9 Å². The van der Waals surface area contributed by atoms with E-state index in [-0.39, 0.29) is 11.8 Å². The Bertz CT molecular complexity index is 1050. The molecule has 1 aliphatic heterocycles. The van der Waals surface area contributed by atoms with E-state index < -0.39 is 0 Å². The third-order valence-electron chi connectivity index (χ3n) is 5.55. The molecule has 0 spiro atoms. The average molecular weight is 429 g/mol. The van der Waals surface area contributed by atoms with Crippen LogP contribution in [0.4, 0.5) is 5.69 Å². The van der Waals surface area contributed by atoms with Gasteiger partial charge in [0.25, 0.3) is 0 Å². The van der Waals surface area contributed by atoms with Crippen molar-refractivity contribution in [2.75, 3.05) is 11.4 Å². The smallest absolute Gasteiger partial charge is 0.227 e. The van der Waals surface area contributed by atoms with Crippen molar-refractivity contribution in [3.63, 3.8) is 0 Å². The van der Waals surface area contributed by atoms with Gasteiger partial charge in [0.1, 0.15) is 0 Å². The second-order valence-corrected chi connectivity index (χ2v) is 8.07. The summed E-state index contributed by atoms with van der Waals surface area (Å²) >= 11 is 0. The maximum Gasteiger partial charge on any atom is 0.227 e. The zero-order valence-corrected chi connectivity index (χ0v) is 18.1. The molecular weight excluding hydrogens is 400 g/mol. The van der Waals surface area contributed by atoms with Crippen molar-refractivity contribution in [1.29, 1.82) is 0 Å². The molecule has 0 saturated carbocycles. The zero-order chi connectivity index (χ0) is 22.2. The minimum atomic E-state index is -0.0271. The number of benzene rings is 3. The first-order chi connectivity index (χ1) is 15.7. The van der Waals surface area contributed by atoms with Gasteiger partial charge in [0.2, 0.25) is 11.8 Å². The lowest BCUT2D eigenvalue weighted by molar-refractivity contribution is -0.120. The van der Waals surface area contributed by atoms with Crippen molar-refractivity contribution in [3.8, 4) is 0 Å². The Kier molecular flexibility index (Phi) is 7.31. The molecule has 164 valence electrons. The summed E-state index contributed by atoms with van der Waals surface area (Å²) in [5.74, 6) is 0.143.